The first-order chi connectivity index (χ1) is 15.3. The summed E-state index contributed by atoms with van der Waals surface area (Å²) in [5, 5.41) is 5.37. The summed E-state index contributed by atoms with van der Waals surface area (Å²) >= 11 is -0.721. The van der Waals surface area contributed by atoms with E-state index in [1.54, 1.807) is 6.56 Å². The van der Waals surface area contributed by atoms with Gasteiger partial charge in [0.1, 0.15) is 0 Å². The summed E-state index contributed by atoms with van der Waals surface area (Å²) in [5.41, 5.74) is 5.58. The van der Waals surface area contributed by atoms with Crippen molar-refractivity contribution in [2.45, 2.75) is 12.8 Å². The van der Waals surface area contributed by atoms with Gasteiger partial charge in [-0.25, -0.2) is 0 Å². The third-order valence-corrected chi connectivity index (χ3v) is 9.56. The number of hydrogen-bond acceptors (Lipinski definition) is 0. The molecule has 0 fully saturated rings. The predicted octanol–water partition coefficient (Wildman–Crippen LogP) is 2.13. The molecule has 0 aromatic heterocycles. The fourth-order valence-electron chi connectivity index (χ4n) is 4.76. The van der Waals surface area contributed by atoms with E-state index in [1.165, 1.54) is 43.8 Å². The summed E-state index contributed by atoms with van der Waals surface area (Å²) in [6, 6.07) is 30.8. The Morgan fingerprint density at radius 3 is 1.39 bits per heavy atom. The van der Waals surface area contributed by atoms with Gasteiger partial charge in [-0.05, 0) is 0 Å². The second kappa shape index (κ2) is 10.4. The average molecular weight is 545 g/mol. The molecule has 0 saturated carbocycles. The molecular weight excluding hydrogens is 522 g/mol. The number of fused-ring (bicyclic) bond motifs is 2. The standard InChI is InChI=1S/2C15H11.2ClH.Zr/c2*1-2-7-12(6-1)15-11-5-9-13-8-3-4-10-14(13)15;;;/h2*3-11H,1H2;2*1H;/q;;;;+2/p-2. The summed E-state index contributed by atoms with van der Waals surface area (Å²) in [5.74, 6) is 0. The first-order valence-electron chi connectivity index (χ1n) is 10.9. The monoisotopic (exact) mass is 542 g/mol. The Morgan fingerprint density at radius 2 is 0.909 bits per heavy atom. The second-order valence-corrected chi connectivity index (χ2v) is 12.0. The molecule has 3 heteroatoms. The van der Waals surface area contributed by atoms with Crippen molar-refractivity contribution in [3.8, 4) is 0 Å². The zero-order valence-corrected chi connectivity index (χ0v) is 22.0. The number of allylic oxidation sites excluding steroid dienone is 8. The molecule has 160 valence electrons. The smallest absolute Gasteiger partial charge is 1.00 e. The van der Waals surface area contributed by atoms with Crippen LogP contribution in [0.15, 0.2) is 116 Å². The molecule has 4 aromatic rings. The van der Waals surface area contributed by atoms with Crippen LogP contribution in [0, 0.1) is 0 Å². The van der Waals surface area contributed by atoms with Crippen molar-refractivity contribution in [3.63, 3.8) is 0 Å². The molecule has 0 saturated heterocycles. The van der Waals surface area contributed by atoms with Crippen molar-refractivity contribution < 1.29 is 48.0 Å². The van der Waals surface area contributed by atoms with Gasteiger partial charge in [-0.2, -0.15) is 0 Å². The minimum Gasteiger partial charge on any atom is -1.00 e. The summed E-state index contributed by atoms with van der Waals surface area (Å²) in [4.78, 5) is 0. The summed E-state index contributed by atoms with van der Waals surface area (Å²) in [7, 11) is 0. The Hall–Kier alpha value is -2.18. The van der Waals surface area contributed by atoms with Crippen LogP contribution in [0.5, 0.6) is 0 Å². The van der Waals surface area contributed by atoms with Crippen molar-refractivity contribution in [1.82, 2.24) is 0 Å². The molecule has 0 nitrogen and oxygen atoms in total. The zero-order chi connectivity index (χ0) is 20.6. The van der Waals surface area contributed by atoms with Gasteiger partial charge in [0, 0.05) is 0 Å². The summed E-state index contributed by atoms with van der Waals surface area (Å²) in [6.45, 7) is 0. The molecular formula is C30H22Cl2Zr. The molecule has 0 atom stereocenters. The van der Waals surface area contributed by atoms with E-state index in [0.717, 1.165) is 12.8 Å². The van der Waals surface area contributed by atoms with E-state index < -0.39 is 23.2 Å². The Bertz CT molecular complexity index is 1330. The van der Waals surface area contributed by atoms with Crippen LogP contribution in [0.4, 0.5) is 0 Å². The number of hydrogen-bond donors (Lipinski definition) is 0. The molecule has 0 aliphatic heterocycles. The van der Waals surface area contributed by atoms with E-state index >= 15 is 0 Å². The van der Waals surface area contributed by atoms with Crippen molar-refractivity contribution >= 4 is 32.7 Å². The quantitative estimate of drug-likeness (QED) is 0.370. The maximum absolute atomic E-state index is 2.49. The van der Waals surface area contributed by atoms with Crippen LogP contribution in [-0.4, -0.2) is 0 Å². The van der Waals surface area contributed by atoms with Gasteiger partial charge in [0.25, 0.3) is 0 Å². The largest absolute Gasteiger partial charge is 1.00 e. The van der Waals surface area contributed by atoms with Crippen LogP contribution in [0.1, 0.15) is 24.0 Å². The van der Waals surface area contributed by atoms with Gasteiger partial charge < -0.3 is 24.8 Å². The number of benzene rings is 4. The van der Waals surface area contributed by atoms with E-state index in [1.807, 2.05) is 0 Å². The Balaban J connectivity index is 0.00000130. The van der Waals surface area contributed by atoms with Gasteiger partial charge >= 0.3 is 196 Å². The average Bonchev–Trinajstić information content (AvgIpc) is 3.48. The Morgan fingerprint density at radius 1 is 0.485 bits per heavy atom. The van der Waals surface area contributed by atoms with Crippen LogP contribution in [0.3, 0.4) is 0 Å². The topological polar surface area (TPSA) is 0 Å². The van der Waals surface area contributed by atoms with E-state index in [2.05, 4.69) is 109 Å². The van der Waals surface area contributed by atoms with E-state index in [-0.39, 0.29) is 24.8 Å². The van der Waals surface area contributed by atoms with E-state index in [9.17, 15) is 0 Å². The molecule has 0 unspecified atom stereocenters. The first-order valence-corrected chi connectivity index (χ1v) is 13.4. The SMILES string of the molecule is C1=[C]([Zr+2][C]2=CC(c3cccc4ccccc34)=CC2)CC=C1c1cccc2ccccc12.[Cl-].[Cl-]. The molecule has 4 aromatic carbocycles. The van der Waals surface area contributed by atoms with Gasteiger partial charge in [-0.15, -0.1) is 0 Å². The van der Waals surface area contributed by atoms with Gasteiger partial charge in [-0.3, -0.25) is 0 Å². The molecule has 2 aliphatic carbocycles. The minimum absolute atomic E-state index is 0. The number of rotatable bonds is 4. The summed E-state index contributed by atoms with van der Waals surface area (Å²) < 4.78 is 3.37. The van der Waals surface area contributed by atoms with Crippen LogP contribution >= 0.6 is 0 Å². The van der Waals surface area contributed by atoms with Gasteiger partial charge in [0.2, 0.25) is 0 Å². The predicted molar refractivity (Wildman–Crippen MR) is 129 cm³/mol. The normalized spacial score (nSPS) is 14.5. The van der Waals surface area contributed by atoms with E-state index in [4.69, 9.17) is 0 Å². The van der Waals surface area contributed by atoms with Gasteiger partial charge in [-0.1, -0.05) is 0 Å². The van der Waals surface area contributed by atoms with Crippen molar-refractivity contribution in [2.24, 2.45) is 0 Å². The first kappa shape index (κ1) is 24.0. The molecule has 2 aliphatic rings. The Labute approximate surface area is 219 Å². The minimum atomic E-state index is -0.721. The second-order valence-electron chi connectivity index (χ2n) is 8.24. The van der Waals surface area contributed by atoms with Crippen LogP contribution in [0.2, 0.25) is 0 Å². The molecule has 0 radical (unpaired) electrons. The van der Waals surface area contributed by atoms with E-state index in [0.29, 0.717) is 0 Å². The number of halogens is 2. The molecule has 0 bridgehead atoms. The van der Waals surface area contributed by atoms with Crippen molar-refractivity contribution in [2.75, 3.05) is 0 Å². The van der Waals surface area contributed by atoms with Gasteiger partial charge in [0.05, 0.1) is 0 Å². The molecule has 6 rings (SSSR count). The maximum atomic E-state index is 2.49. The van der Waals surface area contributed by atoms with Crippen molar-refractivity contribution in [1.29, 1.82) is 0 Å². The fourth-order valence-corrected chi connectivity index (χ4v) is 7.90. The molecule has 0 N–H and O–H groups in total. The van der Waals surface area contributed by atoms with Crippen LogP contribution < -0.4 is 24.8 Å². The fraction of sp³-hybridized carbons (Fsp3) is 0.0667. The van der Waals surface area contributed by atoms with Crippen LogP contribution in [0.25, 0.3) is 32.7 Å². The third-order valence-electron chi connectivity index (χ3n) is 6.27. The van der Waals surface area contributed by atoms with Gasteiger partial charge in [0.15, 0.2) is 0 Å². The molecule has 0 spiro atoms. The molecule has 0 heterocycles. The Kier molecular flexibility index (Phi) is 7.55. The summed E-state index contributed by atoms with van der Waals surface area (Å²) in [6.07, 6.45) is 12.1. The zero-order valence-electron chi connectivity index (χ0n) is 18.1. The van der Waals surface area contributed by atoms with Crippen LogP contribution in [-0.2, 0) is 23.2 Å². The van der Waals surface area contributed by atoms with Crippen molar-refractivity contribution in [3.05, 3.63) is 127 Å². The molecule has 0 amide bonds. The maximum Gasteiger partial charge on any atom is -1.00 e. The third kappa shape index (κ3) is 4.74. The molecule has 33 heavy (non-hydrogen) atoms.